The Kier molecular flexibility index (Phi) is 4.78. The predicted octanol–water partition coefficient (Wildman–Crippen LogP) is 5.83. The lowest BCUT2D eigenvalue weighted by molar-refractivity contribution is 1.02. The molecule has 0 N–H and O–H groups in total. The number of aromatic nitrogens is 1. The summed E-state index contributed by atoms with van der Waals surface area (Å²) in [5.41, 5.74) is 4.75. The maximum Gasteiger partial charge on any atom is 0.0709 e. The van der Waals surface area contributed by atoms with Gasteiger partial charge in [0.25, 0.3) is 0 Å². The molecule has 1 aromatic heterocycles. The van der Waals surface area contributed by atoms with E-state index in [1.54, 1.807) is 0 Å². The van der Waals surface area contributed by atoms with Crippen LogP contribution >= 0.6 is 7.92 Å². The van der Waals surface area contributed by atoms with Crippen LogP contribution in [0.25, 0.3) is 22.2 Å². The highest BCUT2D eigenvalue weighted by atomic mass is 31.1. The van der Waals surface area contributed by atoms with Gasteiger partial charge in [-0.2, -0.15) is 0 Å². The summed E-state index contributed by atoms with van der Waals surface area (Å²) in [5.74, 6) is 0. The van der Waals surface area contributed by atoms with Crippen LogP contribution in [-0.2, 0) is 0 Å². The van der Waals surface area contributed by atoms with Crippen LogP contribution in [0.5, 0.6) is 0 Å². The molecular formula is C21H24NP. The van der Waals surface area contributed by atoms with Crippen molar-refractivity contribution in [3.63, 3.8) is 0 Å². The van der Waals surface area contributed by atoms with Crippen molar-refractivity contribution in [2.75, 3.05) is 0 Å². The lowest BCUT2D eigenvalue weighted by Crippen LogP contribution is -2.15. The van der Waals surface area contributed by atoms with E-state index in [2.05, 4.69) is 82.3 Å². The van der Waals surface area contributed by atoms with E-state index < -0.39 is 0 Å². The summed E-state index contributed by atoms with van der Waals surface area (Å²) in [6, 6.07) is 21.6. The molecule has 0 aliphatic rings. The number of pyridine rings is 1. The highest BCUT2D eigenvalue weighted by molar-refractivity contribution is 7.66. The molecule has 0 bridgehead atoms. The Morgan fingerprint density at radius 2 is 1.52 bits per heavy atom. The van der Waals surface area contributed by atoms with Crippen LogP contribution in [-0.4, -0.2) is 16.3 Å². The zero-order valence-electron chi connectivity index (χ0n) is 14.3. The van der Waals surface area contributed by atoms with Crippen molar-refractivity contribution in [2.24, 2.45) is 0 Å². The lowest BCUT2D eigenvalue weighted by Gasteiger charge is -2.26. The van der Waals surface area contributed by atoms with Crippen molar-refractivity contribution in [3.8, 4) is 11.3 Å². The Hall–Kier alpha value is -1.72. The summed E-state index contributed by atoms with van der Waals surface area (Å²) in [4.78, 5) is 4.84. The Morgan fingerprint density at radius 3 is 2.26 bits per heavy atom. The summed E-state index contributed by atoms with van der Waals surface area (Å²) < 4.78 is 0. The third-order valence-corrected chi connectivity index (χ3v) is 7.25. The predicted molar refractivity (Wildman–Crippen MR) is 104 cm³/mol. The highest BCUT2D eigenvalue weighted by Crippen LogP contribution is 2.45. The van der Waals surface area contributed by atoms with E-state index >= 15 is 0 Å². The van der Waals surface area contributed by atoms with Gasteiger partial charge in [0, 0.05) is 10.9 Å². The van der Waals surface area contributed by atoms with Crippen LogP contribution < -0.4 is 5.30 Å². The molecule has 0 spiro atoms. The van der Waals surface area contributed by atoms with E-state index in [-0.39, 0.29) is 7.92 Å². The van der Waals surface area contributed by atoms with Crippen molar-refractivity contribution in [1.82, 2.24) is 4.98 Å². The summed E-state index contributed by atoms with van der Waals surface area (Å²) in [6.07, 6.45) is 0. The molecule has 0 fully saturated rings. The van der Waals surface area contributed by atoms with Gasteiger partial charge >= 0.3 is 0 Å². The van der Waals surface area contributed by atoms with Gasteiger partial charge in [-0.15, -0.1) is 0 Å². The van der Waals surface area contributed by atoms with E-state index in [9.17, 15) is 0 Å². The maximum atomic E-state index is 4.84. The second kappa shape index (κ2) is 6.81. The van der Waals surface area contributed by atoms with Crippen LogP contribution in [0.2, 0.25) is 0 Å². The Labute approximate surface area is 140 Å². The fourth-order valence-electron chi connectivity index (χ4n) is 3.25. The van der Waals surface area contributed by atoms with Crippen LogP contribution in [0, 0.1) is 0 Å². The van der Waals surface area contributed by atoms with Gasteiger partial charge in [-0.05, 0) is 34.8 Å². The number of fused-ring (bicyclic) bond motifs is 1. The molecule has 0 atom stereocenters. The molecular weight excluding hydrogens is 297 g/mol. The van der Waals surface area contributed by atoms with Gasteiger partial charge in [0.15, 0.2) is 0 Å². The number of benzene rings is 2. The lowest BCUT2D eigenvalue weighted by atomic mass is 10.1. The van der Waals surface area contributed by atoms with Crippen molar-refractivity contribution >= 4 is 24.1 Å². The first-order valence-electron chi connectivity index (χ1n) is 8.31. The van der Waals surface area contributed by atoms with Crippen LogP contribution in [0.15, 0.2) is 60.7 Å². The van der Waals surface area contributed by atoms with Gasteiger partial charge in [-0.3, -0.25) is 0 Å². The van der Waals surface area contributed by atoms with Crippen LogP contribution in [0.1, 0.15) is 27.7 Å². The van der Waals surface area contributed by atoms with Gasteiger partial charge in [-0.25, -0.2) is 4.98 Å². The topological polar surface area (TPSA) is 12.9 Å². The largest absolute Gasteiger partial charge is 0.248 e. The first kappa shape index (κ1) is 16.1. The minimum Gasteiger partial charge on any atom is -0.248 e. The molecule has 0 saturated heterocycles. The molecule has 23 heavy (non-hydrogen) atoms. The molecule has 2 heteroatoms. The molecule has 0 amide bonds. The van der Waals surface area contributed by atoms with E-state index in [0.717, 1.165) is 11.2 Å². The number of hydrogen-bond donors (Lipinski definition) is 0. The van der Waals surface area contributed by atoms with E-state index in [1.165, 1.54) is 16.3 Å². The molecule has 1 nitrogen and oxygen atoms in total. The number of nitrogens with zero attached hydrogens (tertiary/aromatic N) is 1. The molecule has 0 radical (unpaired) electrons. The normalized spacial score (nSPS) is 11.8. The minimum absolute atomic E-state index is 0.143. The maximum absolute atomic E-state index is 4.84. The number of rotatable bonds is 4. The van der Waals surface area contributed by atoms with Crippen LogP contribution in [0.4, 0.5) is 0 Å². The minimum atomic E-state index is -0.143. The molecule has 0 aliphatic heterocycles. The molecule has 0 saturated carbocycles. The van der Waals surface area contributed by atoms with Gasteiger partial charge in [0.05, 0.1) is 11.2 Å². The second-order valence-corrected chi connectivity index (χ2v) is 9.93. The molecule has 0 aliphatic carbocycles. The summed E-state index contributed by atoms with van der Waals surface area (Å²) in [5, 5.41) is 2.68. The number of hydrogen-bond acceptors (Lipinski definition) is 1. The molecule has 118 valence electrons. The molecule has 3 aromatic rings. The van der Waals surface area contributed by atoms with Gasteiger partial charge in [0.2, 0.25) is 0 Å². The monoisotopic (exact) mass is 321 g/mol. The Balaban J connectivity index is 2.04. The standard InChI is InChI=1S/C21H24NP/c1-15(2)23(16(3)4)19-10-7-9-18(14-19)21-13-12-17-8-5-6-11-20(17)22-21/h5-16H,1-4H3. The third-order valence-electron chi connectivity index (χ3n) is 4.15. The first-order chi connectivity index (χ1) is 11.1. The average Bonchev–Trinajstić information content (AvgIpc) is 2.54. The van der Waals surface area contributed by atoms with Gasteiger partial charge < -0.3 is 0 Å². The van der Waals surface area contributed by atoms with Crippen molar-refractivity contribution in [3.05, 3.63) is 60.7 Å². The summed E-state index contributed by atoms with van der Waals surface area (Å²) in [6.45, 7) is 9.36. The van der Waals surface area contributed by atoms with E-state index in [4.69, 9.17) is 4.98 Å². The van der Waals surface area contributed by atoms with Gasteiger partial charge in [0.1, 0.15) is 0 Å². The smallest absolute Gasteiger partial charge is 0.0709 e. The average molecular weight is 321 g/mol. The molecule has 3 rings (SSSR count). The molecule has 2 aromatic carbocycles. The highest BCUT2D eigenvalue weighted by Gasteiger charge is 2.19. The quantitative estimate of drug-likeness (QED) is 0.551. The third kappa shape index (κ3) is 3.46. The van der Waals surface area contributed by atoms with E-state index in [1.807, 2.05) is 6.07 Å². The molecule has 0 unspecified atom stereocenters. The van der Waals surface area contributed by atoms with Crippen molar-refractivity contribution in [1.29, 1.82) is 0 Å². The zero-order chi connectivity index (χ0) is 16.4. The second-order valence-electron chi connectivity index (χ2n) is 6.53. The SMILES string of the molecule is CC(C)P(c1cccc(-c2ccc3ccccc3n2)c1)C(C)C. The summed E-state index contributed by atoms with van der Waals surface area (Å²) in [7, 11) is -0.143. The number of para-hydroxylation sites is 1. The zero-order valence-corrected chi connectivity index (χ0v) is 15.2. The first-order valence-corrected chi connectivity index (χ1v) is 9.79. The van der Waals surface area contributed by atoms with Gasteiger partial charge in [-0.1, -0.05) is 78.1 Å². The van der Waals surface area contributed by atoms with Crippen molar-refractivity contribution in [2.45, 2.75) is 39.0 Å². The summed E-state index contributed by atoms with van der Waals surface area (Å²) >= 11 is 0. The fraction of sp³-hybridized carbons (Fsp3) is 0.286. The van der Waals surface area contributed by atoms with Crippen molar-refractivity contribution < 1.29 is 0 Å². The Bertz CT molecular complexity index is 800. The fourth-order valence-corrected chi connectivity index (χ4v) is 6.18. The Morgan fingerprint density at radius 1 is 0.783 bits per heavy atom. The van der Waals surface area contributed by atoms with Crippen LogP contribution in [0.3, 0.4) is 0 Å². The molecule has 1 heterocycles. The van der Waals surface area contributed by atoms with E-state index in [0.29, 0.717) is 11.3 Å².